The van der Waals surface area contributed by atoms with Crippen molar-refractivity contribution in [3.8, 4) is 0 Å². The fourth-order valence-electron chi connectivity index (χ4n) is 4.72. The van der Waals surface area contributed by atoms with Crippen molar-refractivity contribution < 1.29 is 14.3 Å². The van der Waals surface area contributed by atoms with Crippen LogP contribution in [0, 0.1) is 5.92 Å². The number of benzene rings is 1. The lowest BCUT2D eigenvalue weighted by Crippen LogP contribution is -2.66. The third-order valence-electron chi connectivity index (χ3n) is 6.59. The van der Waals surface area contributed by atoms with Gasteiger partial charge in [-0.1, -0.05) is 31.9 Å². The Balaban J connectivity index is 1.70. The van der Waals surface area contributed by atoms with Gasteiger partial charge in [0.25, 0.3) is 5.91 Å². The molecule has 29 heavy (non-hydrogen) atoms. The first-order valence-electron chi connectivity index (χ1n) is 10.5. The summed E-state index contributed by atoms with van der Waals surface area (Å²) in [5, 5.41) is 3.27. The number of imidazole rings is 1. The van der Waals surface area contributed by atoms with Crippen molar-refractivity contribution in [2.24, 2.45) is 5.92 Å². The Morgan fingerprint density at radius 3 is 2.83 bits per heavy atom. The zero-order valence-electron chi connectivity index (χ0n) is 17.5. The maximum atomic E-state index is 13.5. The van der Waals surface area contributed by atoms with E-state index in [9.17, 15) is 9.59 Å². The van der Waals surface area contributed by atoms with Crippen LogP contribution in [-0.4, -0.2) is 58.1 Å². The molecule has 2 heterocycles. The maximum Gasteiger partial charge on any atom is 0.290 e. The second-order valence-electron chi connectivity index (χ2n) is 8.58. The van der Waals surface area contributed by atoms with Gasteiger partial charge in [-0.25, -0.2) is 4.98 Å². The summed E-state index contributed by atoms with van der Waals surface area (Å²) in [6, 6.07) is 7.85. The first kappa shape index (κ1) is 19.9. The summed E-state index contributed by atoms with van der Waals surface area (Å²) < 4.78 is 7.12. The normalized spacial score (nSPS) is 27.1. The number of hydrogen-bond donors (Lipinski definition) is 1. The number of fused-ring (bicyclic) bond motifs is 3. The maximum absolute atomic E-state index is 13.5. The van der Waals surface area contributed by atoms with Crippen LogP contribution in [0.15, 0.2) is 24.3 Å². The van der Waals surface area contributed by atoms with Gasteiger partial charge in [0.05, 0.1) is 24.2 Å². The van der Waals surface area contributed by atoms with Gasteiger partial charge in [0.15, 0.2) is 5.82 Å². The Labute approximate surface area is 171 Å². The largest absolute Gasteiger partial charge is 0.383 e. The highest BCUT2D eigenvalue weighted by molar-refractivity contribution is 6.01. The lowest BCUT2D eigenvalue weighted by atomic mass is 9.85. The monoisotopic (exact) mass is 398 g/mol. The average Bonchev–Trinajstić information content (AvgIpc) is 3.08. The summed E-state index contributed by atoms with van der Waals surface area (Å²) in [7, 11) is 1.60. The molecule has 0 saturated heterocycles. The lowest BCUT2D eigenvalue weighted by molar-refractivity contribution is -0.134. The van der Waals surface area contributed by atoms with Crippen LogP contribution in [0.1, 0.15) is 50.1 Å². The second kappa shape index (κ2) is 7.78. The minimum absolute atomic E-state index is 0.0934. The fourth-order valence-corrected chi connectivity index (χ4v) is 4.72. The molecule has 0 bridgehead atoms. The summed E-state index contributed by atoms with van der Waals surface area (Å²) >= 11 is 0. The van der Waals surface area contributed by atoms with Crippen molar-refractivity contribution in [1.29, 1.82) is 0 Å². The second-order valence-corrected chi connectivity index (χ2v) is 8.58. The Morgan fingerprint density at radius 1 is 1.31 bits per heavy atom. The summed E-state index contributed by atoms with van der Waals surface area (Å²) in [5.74, 6) is 0.522. The van der Waals surface area contributed by atoms with E-state index < -0.39 is 5.54 Å². The molecule has 1 aliphatic carbocycles. The number of hydrogen-bond acceptors (Lipinski definition) is 4. The van der Waals surface area contributed by atoms with Gasteiger partial charge >= 0.3 is 0 Å². The van der Waals surface area contributed by atoms with Crippen LogP contribution in [0.4, 0.5) is 0 Å². The van der Waals surface area contributed by atoms with Crippen molar-refractivity contribution >= 4 is 22.8 Å². The summed E-state index contributed by atoms with van der Waals surface area (Å²) in [6.07, 6.45) is 4.47. The van der Waals surface area contributed by atoms with Crippen LogP contribution in [0.2, 0.25) is 0 Å². The molecule has 4 rings (SSSR count). The van der Waals surface area contributed by atoms with Crippen LogP contribution >= 0.6 is 0 Å². The van der Waals surface area contributed by atoms with Crippen molar-refractivity contribution in [2.75, 3.05) is 20.3 Å². The van der Waals surface area contributed by atoms with Gasteiger partial charge in [0.2, 0.25) is 5.91 Å². The Morgan fingerprint density at radius 2 is 2.07 bits per heavy atom. The van der Waals surface area contributed by atoms with Gasteiger partial charge in [-0.3, -0.25) is 9.59 Å². The van der Waals surface area contributed by atoms with Crippen molar-refractivity contribution in [3.63, 3.8) is 0 Å². The Bertz CT molecular complexity index is 924. The van der Waals surface area contributed by atoms with Crippen LogP contribution in [-0.2, 0) is 16.1 Å². The molecule has 2 amide bonds. The van der Waals surface area contributed by atoms with Gasteiger partial charge in [0.1, 0.15) is 5.54 Å². The highest BCUT2D eigenvalue weighted by Crippen LogP contribution is 2.31. The molecule has 1 aromatic heterocycles. The van der Waals surface area contributed by atoms with E-state index in [1.165, 1.54) is 6.42 Å². The molecule has 7 heteroatoms. The number of methoxy groups -OCH3 is 1. The lowest BCUT2D eigenvalue weighted by Gasteiger charge is -2.44. The standard InChI is InChI=1S/C22H30N4O3/c1-15-8-4-5-9-16(15)24-21(28)22(2)14-25-18-11-7-6-10-17(18)23-19(25)20(27)26(22)12-13-29-3/h6-7,10-11,15-16H,4-5,8-9,12-14H2,1-3H3,(H,24,28)/t15-,16-,22-/m1/s1. The molecule has 1 saturated carbocycles. The summed E-state index contributed by atoms with van der Waals surface area (Å²) in [5.41, 5.74) is 0.656. The van der Waals surface area contributed by atoms with Crippen LogP contribution < -0.4 is 5.32 Å². The van der Waals surface area contributed by atoms with Crippen LogP contribution in [0.3, 0.4) is 0 Å². The quantitative estimate of drug-likeness (QED) is 0.840. The number of para-hydroxylation sites is 2. The van der Waals surface area contributed by atoms with E-state index in [0.717, 1.165) is 30.3 Å². The Kier molecular flexibility index (Phi) is 5.34. The number of rotatable bonds is 5. The molecular formula is C22H30N4O3. The van der Waals surface area contributed by atoms with Gasteiger partial charge in [-0.05, 0) is 37.8 Å². The predicted molar refractivity (Wildman–Crippen MR) is 111 cm³/mol. The smallest absolute Gasteiger partial charge is 0.290 e. The first-order valence-corrected chi connectivity index (χ1v) is 10.5. The van der Waals surface area contributed by atoms with E-state index in [0.29, 0.717) is 31.4 Å². The molecule has 1 fully saturated rings. The van der Waals surface area contributed by atoms with E-state index in [2.05, 4.69) is 17.2 Å². The van der Waals surface area contributed by atoms with Crippen molar-refractivity contribution in [3.05, 3.63) is 30.1 Å². The molecule has 156 valence electrons. The highest BCUT2D eigenvalue weighted by Gasteiger charge is 2.48. The molecule has 1 aliphatic heterocycles. The van der Waals surface area contributed by atoms with Gasteiger partial charge in [-0.2, -0.15) is 0 Å². The summed E-state index contributed by atoms with van der Waals surface area (Å²) in [4.78, 5) is 33.1. The molecule has 0 spiro atoms. The topological polar surface area (TPSA) is 76.5 Å². The van der Waals surface area contributed by atoms with Crippen molar-refractivity contribution in [2.45, 2.75) is 57.7 Å². The van der Waals surface area contributed by atoms with E-state index in [-0.39, 0.29) is 17.9 Å². The van der Waals surface area contributed by atoms with Gasteiger partial charge < -0.3 is 19.5 Å². The average molecular weight is 399 g/mol. The first-order chi connectivity index (χ1) is 14.0. The molecule has 7 nitrogen and oxygen atoms in total. The number of aromatic nitrogens is 2. The molecule has 2 aromatic rings. The minimum Gasteiger partial charge on any atom is -0.383 e. The number of ether oxygens (including phenoxy) is 1. The van der Waals surface area contributed by atoms with E-state index in [4.69, 9.17) is 4.74 Å². The fraction of sp³-hybridized carbons (Fsp3) is 0.591. The number of amides is 2. The van der Waals surface area contributed by atoms with E-state index >= 15 is 0 Å². The van der Waals surface area contributed by atoms with E-state index in [1.807, 2.05) is 35.8 Å². The molecule has 0 unspecified atom stereocenters. The number of nitrogens with zero attached hydrogens (tertiary/aromatic N) is 3. The van der Waals surface area contributed by atoms with Crippen LogP contribution in [0.5, 0.6) is 0 Å². The summed E-state index contributed by atoms with van der Waals surface area (Å²) in [6.45, 7) is 5.16. The zero-order chi connectivity index (χ0) is 20.6. The number of carbonyl (C=O) groups excluding carboxylic acids is 2. The zero-order valence-corrected chi connectivity index (χ0v) is 17.5. The SMILES string of the molecule is COCCN1C(=O)c2nc3ccccc3n2C[C@]1(C)C(=O)N[C@@H]1CCCC[C@H]1C. The predicted octanol–water partition coefficient (Wildman–Crippen LogP) is 2.59. The molecule has 3 atom stereocenters. The molecule has 1 N–H and O–H groups in total. The number of nitrogens with one attached hydrogen (secondary N) is 1. The number of carbonyl (C=O) groups is 2. The highest BCUT2D eigenvalue weighted by atomic mass is 16.5. The molecule has 1 aromatic carbocycles. The third kappa shape index (κ3) is 3.41. The Hall–Kier alpha value is -2.41. The van der Waals surface area contributed by atoms with Crippen molar-refractivity contribution in [1.82, 2.24) is 19.8 Å². The third-order valence-corrected chi connectivity index (χ3v) is 6.59. The van der Waals surface area contributed by atoms with E-state index in [1.54, 1.807) is 12.0 Å². The molecular weight excluding hydrogens is 368 g/mol. The van der Waals surface area contributed by atoms with Crippen LogP contribution in [0.25, 0.3) is 11.0 Å². The molecule has 0 radical (unpaired) electrons. The van der Waals surface area contributed by atoms with Gasteiger partial charge in [-0.15, -0.1) is 0 Å². The molecule has 2 aliphatic rings. The van der Waals surface area contributed by atoms with Gasteiger partial charge in [0, 0.05) is 19.7 Å². The minimum atomic E-state index is -0.997.